The first-order valence-corrected chi connectivity index (χ1v) is 16.4. The average molecular weight is 727 g/mol. The van der Waals surface area contributed by atoms with Gasteiger partial charge in [0.2, 0.25) is 5.91 Å². The zero-order valence-electron chi connectivity index (χ0n) is 24.0. The first-order chi connectivity index (χ1) is 21.3. The zero-order chi connectivity index (χ0) is 30.8. The number of halogens is 2. The van der Waals surface area contributed by atoms with Crippen molar-refractivity contribution in [1.82, 2.24) is 24.7 Å². The van der Waals surface area contributed by atoms with Crippen LogP contribution in [0, 0.1) is 0 Å². The molecule has 2 aromatic carbocycles. The van der Waals surface area contributed by atoms with Crippen molar-refractivity contribution >= 4 is 54.9 Å². The lowest BCUT2D eigenvalue weighted by Gasteiger charge is -2.36. The van der Waals surface area contributed by atoms with E-state index in [1.807, 2.05) is 35.2 Å². The molecule has 12 heteroatoms. The number of aromatic nitrogens is 2. The van der Waals surface area contributed by atoms with E-state index in [0.717, 1.165) is 23.9 Å². The number of amides is 3. The van der Waals surface area contributed by atoms with Crippen LogP contribution in [0.25, 0.3) is 11.1 Å². The third kappa shape index (κ3) is 6.41. The van der Waals surface area contributed by atoms with Crippen LogP contribution in [0.3, 0.4) is 0 Å². The SMILES string of the molecule is O=C(N[C@H](Cc1cc(Br)c(O)c(Br)c1)C(=O)N1CCC(c2ccncc2)CC1)N1CCC(n2c(=O)oc3ccccc32)CC1. The standard InChI is InChI=1S/C32H33Br2N5O5/c33-24-17-20(18-25(34)29(24)40)19-26(30(41)37-13-7-22(8-14-37)21-5-11-35-12-6-21)36-31(42)38-15-9-23(10-16-38)39-27-3-1-2-4-28(27)44-32(39)43/h1-6,11-12,17-18,22-23,26,40H,7-10,13-16,19H2,(H,36,42)/t26-/m1/s1. The molecule has 0 unspecified atom stereocenters. The number of pyridine rings is 1. The number of urea groups is 1. The molecule has 6 rings (SSSR count). The van der Waals surface area contributed by atoms with Gasteiger partial charge in [-0.15, -0.1) is 0 Å². The number of carbonyl (C=O) groups excluding carboxylic acids is 2. The van der Waals surface area contributed by atoms with Crippen LogP contribution in [0.4, 0.5) is 4.79 Å². The largest absolute Gasteiger partial charge is 0.506 e. The number of likely N-dealkylation sites (tertiary alicyclic amines) is 2. The van der Waals surface area contributed by atoms with E-state index in [4.69, 9.17) is 4.42 Å². The van der Waals surface area contributed by atoms with E-state index in [9.17, 15) is 19.5 Å². The number of benzene rings is 2. The van der Waals surface area contributed by atoms with Crippen LogP contribution in [0.1, 0.15) is 48.8 Å². The summed E-state index contributed by atoms with van der Waals surface area (Å²) in [6, 6.07) is 13.8. The highest BCUT2D eigenvalue weighted by atomic mass is 79.9. The summed E-state index contributed by atoms with van der Waals surface area (Å²) in [4.78, 5) is 47.8. The fourth-order valence-corrected chi connectivity index (χ4v) is 7.64. The molecule has 2 fully saturated rings. The van der Waals surface area contributed by atoms with Gasteiger partial charge in [0.25, 0.3) is 0 Å². The van der Waals surface area contributed by atoms with E-state index < -0.39 is 11.8 Å². The van der Waals surface area contributed by atoms with Gasteiger partial charge in [-0.2, -0.15) is 0 Å². The van der Waals surface area contributed by atoms with E-state index in [1.165, 1.54) is 5.56 Å². The molecule has 0 radical (unpaired) electrons. The number of nitrogens with zero attached hydrogens (tertiary/aromatic N) is 4. The molecule has 10 nitrogen and oxygen atoms in total. The van der Waals surface area contributed by atoms with Crippen LogP contribution in [-0.2, 0) is 11.2 Å². The maximum atomic E-state index is 13.9. The second kappa shape index (κ2) is 13.2. The van der Waals surface area contributed by atoms with Crippen LogP contribution < -0.4 is 11.1 Å². The van der Waals surface area contributed by atoms with Crippen molar-refractivity contribution in [2.45, 2.75) is 50.1 Å². The molecule has 2 N–H and O–H groups in total. The molecule has 2 aromatic heterocycles. The smallest absolute Gasteiger partial charge is 0.420 e. The lowest BCUT2D eigenvalue weighted by atomic mass is 9.89. The number of oxazole rings is 1. The molecule has 230 valence electrons. The third-order valence-corrected chi connectivity index (χ3v) is 9.94. The molecule has 44 heavy (non-hydrogen) atoms. The molecular weight excluding hydrogens is 694 g/mol. The second-order valence-corrected chi connectivity index (χ2v) is 13.1. The minimum atomic E-state index is -0.790. The van der Waals surface area contributed by atoms with Crippen molar-refractivity contribution in [2.24, 2.45) is 0 Å². The summed E-state index contributed by atoms with van der Waals surface area (Å²) in [6.45, 7) is 2.08. The second-order valence-electron chi connectivity index (χ2n) is 11.4. The number of piperidine rings is 2. The first kappa shape index (κ1) is 30.4. The summed E-state index contributed by atoms with van der Waals surface area (Å²) < 4.78 is 8.11. The Morgan fingerprint density at radius 3 is 2.27 bits per heavy atom. The Morgan fingerprint density at radius 1 is 0.955 bits per heavy atom. The Kier molecular flexibility index (Phi) is 9.08. The van der Waals surface area contributed by atoms with E-state index in [1.54, 1.807) is 40.1 Å². The summed E-state index contributed by atoms with van der Waals surface area (Å²) in [7, 11) is 0. The van der Waals surface area contributed by atoms with Crippen molar-refractivity contribution < 1.29 is 19.1 Å². The quantitative estimate of drug-likeness (QED) is 0.268. The summed E-state index contributed by atoms with van der Waals surface area (Å²) in [6.07, 6.45) is 6.71. The molecule has 4 aromatic rings. The molecule has 3 amide bonds. The van der Waals surface area contributed by atoms with Gasteiger partial charge >= 0.3 is 11.8 Å². The van der Waals surface area contributed by atoms with Gasteiger partial charge in [0, 0.05) is 51.0 Å². The van der Waals surface area contributed by atoms with Crippen molar-refractivity contribution in [3.8, 4) is 5.75 Å². The Hall–Kier alpha value is -3.64. The molecule has 0 bridgehead atoms. The molecule has 0 spiro atoms. The van der Waals surface area contributed by atoms with Gasteiger partial charge in [0.1, 0.15) is 11.8 Å². The molecule has 2 aliphatic rings. The highest BCUT2D eigenvalue weighted by Gasteiger charge is 2.33. The summed E-state index contributed by atoms with van der Waals surface area (Å²) in [5, 5.41) is 13.2. The number of aromatic hydroxyl groups is 1. The van der Waals surface area contributed by atoms with Crippen molar-refractivity contribution in [3.05, 3.63) is 91.5 Å². The van der Waals surface area contributed by atoms with Gasteiger partial charge in [-0.3, -0.25) is 14.3 Å². The minimum absolute atomic E-state index is 0.0752. The summed E-state index contributed by atoms with van der Waals surface area (Å²) in [5.74, 6) is -0.0803. The Labute approximate surface area is 271 Å². The van der Waals surface area contributed by atoms with Gasteiger partial charge in [0.05, 0.1) is 14.5 Å². The number of hydrogen-bond acceptors (Lipinski definition) is 6. The van der Waals surface area contributed by atoms with E-state index in [0.29, 0.717) is 59.5 Å². The van der Waals surface area contributed by atoms with Crippen LogP contribution in [0.15, 0.2) is 79.1 Å². The number of rotatable bonds is 6. The van der Waals surface area contributed by atoms with Gasteiger partial charge in [-0.25, -0.2) is 9.59 Å². The normalized spacial score (nSPS) is 17.1. The van der Waals surface area contributed by atoms with Crippen LogP contribution in [0.2, 0.25) is 0 Å². The van der Waals surface area contributed by atoms with Crippen molar-refractivity contribution in [3.63, 3.8) is 0 Å². The van der Waals surface area contributed by atoms with Crippen molar-refractivity contribution in [2.75, 3.05) is 26.2 Å². The number of phenols is 1. The fraction of sp³-hybridized carbons (Fsp3) is 0.375. The van der Waals surface area contributed by atoms with Gasteiger partial charge in [-0.05, 0) is 111 Å². The van der Waals surface area contributed by atoms with Crippen LogP contribution >= 0.6 is 31.9 Å². The molecule has 2 aliphatic heterocycles. The van der Waals surface area contributed by atoms with Crippen molar-refractivity contribution in [1.29, 1.82) is 0 Å². The third-order valence-electron chi connectivity index (χ3n) is 8.73. The van der Waals surface area contributed by atoms with Gasteiger partial charge < -0.3 is 24.6 Å². The van der Waals surface area contributed by atoms with Gasteiger partial charge in [0.15, 0.2) is 5.58 Å². The topological polar surface area (TPSA) is 121 Å². The average Bonchev–Trinajstić information content (AvgIpc) is 3.39. The maximum Gasteiger partial charge on any atom is 0.420 e. The Morgan fingerprint density at radius 2 is 1.59 bits per heavy atom. The summed E-state index contributed by atoms with van der Waals surface area (Å²) in [5.41, 5.74) is 3.32. The highest BCUT2D eigenvalue weighted by Crippen LogP contribution is 2.34. The predicted octanol–water partition coefficient (Wildman–Crippen LogP) is 5.58. The van der Waals surface area contributed by atoms with Crippen LogP contribution in [0.5, 0.6) is 5.75 Å². The van der Waals surface area contributed by atoms with Crippen LogP contribution in [-0.4, -0.2) is 68.6 Å². The Bertz CT molecular complexity index is 1690. The number of para-hydroxylation sites is 2. The molecule has 0 aliphatic carbocycles. The Balaban J connectivity index is 1.14. The van der Waals surface area contributed by atoms with E-state index in [-0.39, 0.29) is 30.2 Å². The minimum Gasteiger partial charge on any atom is -0.506 e. The predicted molar refractivity (Wildman–Crippen MR) is 173 cm³/mol. The molecule has 2 saturated heterocycles. The first-order valence-electron chi connectivity index (χ1n) is 14.8. The lowest BCUT2D eigenvalue weighted by molar-refractivity contribution is -0.134. The molecule has 1 atom stereocenters. The van der Waals surface area contributed by atoms with E-state index >= 15 is 0 Å². The number of fused-ring (bicyclic) bond motifs is 1. The zero-order valence-corrected chi connectivity index (χ0v) is 27.2. The number of hydrogen-bond donors (Lipinski definition) is 2. The lowest BCUT2D eigenvalue weighted by Crippen LogP contribution is -2.55. The van der Waals surface area contributed by atoms with E-state index in [2.05, 4.69) is 42.2 Å². The molecular formula is C32H33Br2N5O5. The van der Waals surface area contributed by atoms with Gasteiger partial charge in [-0.1, -0.05) is 12.1 Å². The molecule has 4 heterocycles. The maximum absolute atomic E-state index is 13.9. The summed E-state index contributed by atoms with van der Waals surface area (Å²) >= 11 is 6.76. The monoisotopic (exact) mass is 725 g/mol. The number of phenolic OH excluding ortho intramolecular Hbond substituents is 1. The number of nitrogens with one attached hydrogen (secondary N) is 1. The number of carbonyl (C=O) groups is 2. The molecule has 0 saturated carbocycles. The fourth-order valence-electron chi connectivity index (χ4n) is 6.36. The highest BCUT2D eigenvalue weighted by molar-refractivity contribution is 9.11.